The molecule has 0 radical (unpaired) electrons. The Hall–Kier alpha value is -1.82. The lowest BCUT2D eigenvalue weighted by Crippen LogP contribution is -2.16. The fourth-order valence-corrected chi connectivity index (χ4v) is 1.29. The molecule has 0 aliphatic rings. The van der Waals surface area contributed by atoms with Crippen LogP contribution in [0.1, 0.15) is 16.2 Å². The van der Waals surface area contributed by atoms with Crippen LogP contribution in [0.2, 0.25) is 0 Å². The molecule has 0 aliphatic carbocycles. The molecule has 80 valence electrons. The van der Waals surface area contributed by atoms with Gasteiger partial charge >= 0.3 is 0 Å². The summed E-state index contributed by atoms with van der Waals surface area (Å²) < 4.78 is 1.24. The van der Waals surface area contributed by atoms with Crippen molar-refractivity contribution in [2.24, 2.45) is 5.73 Å². The SMILES string of the molecule is Cc1cc(=O)n2cnc(C(N)=O)c2[nH]1.Cl. The maximum absolute atomic E-state index is 11.4. The van der Waals surface area contributed by atoms with Gasteiger partial charge in [-0.1, -0.05) is 0 Å². The fourth-order valence-electron chi connectivity index (χ4n) is 1.29. The van der Waals surface area contributed by atoms with Crippen molar-refractivity contribution in [1.82, 2.24) is 14.4 Å². The van der Waals surface area contributed by atoms with E-state index >= 15 is 0 Å². The number of amides is 1. The number of hydrogen-bond acceptors (Lipinski definition) is 3. The number of fused-ring (bicyclic) bond motifs is 1. The van der Waals surface area contributed by atoms with Gasteiger partial charge in [0, 0.05) is 11.8 Å². The first-order chi connectivity index (χ1) is 6.59. The summed E-state index contributed by atoms with van der Waals surface area (Å²) in [4.78, 5) is 28.9. The highest BCUT2D eigenvalue weighted by molar-refractivity contribution is 5.96. The summed E-state index contributed by atoms with van der Waals surface area (Å²) in [5.74, 6) is -0.659. The summed E-state index contributed by atoms with van der Waals surface area (Å²) in [6, 6.07) is 1.42. The summed E-state index contributed by atoms with van der Waals surface area (Å²) in [7, 11) is 0. The summed E-state index contributed by atoms with van der Waals surface area (Å²) in [5, 5.41) is 0. The van der Waals surface area contributed by atoms with E-state index in [0.717, 1.165) is 0 Å². The van der Waals surface area contributed by atoms with Gasteiger partial charge in [0.15, 0.2) is 11.3 Å². The molecule has 0 aromatic carbocycles. The number of imidazole rings is 1. The predicted octanol–water partition coefficient (Wildman–Crippen LogP) is -0.148. The van der Waals surface area contributed by atoms with Crippen molar-refractivity contribution in [3.8, 4) is 0 Å². The van der Waals surface area contributed by atoms with Crippen LogP contribution in [0.5, 0.6) is 0 Å². The Balaban J connectivity index is 0.00000112. The minimum atomic E-state index is -0.659. The first kappa shape index (κ1) is 11.3. The third kappa shape index (κ3) is 1.71. The quantitative estimate of drug-likeness (QED) is 0.711. The summed E-state index contributed by atoms with van der Waals surface area (Å²) in [6.45, 7) is 1.72. The normalized spacial score (nSPS) is 9.93. The highest BCUT2D eigenvalue weighted by Crippen LogP contribution is 2.03. The number of halogens is 1. The Morgan fingerprint density at radius 1 is 1.60 bits per heavy atom. The topological polar surface area (TPSA) is 93.2 Å². The maximum atomic E-state index is 11.4. The number of rotatable bonds is 1. The van der Waals surface area contributed by atoms with Crippen molar-refractivity contribution in [2.75, 3.05) is 0 Å². The van der Waals surface area contributed by atoms with Crippen LogP contribution in [0.4, 0.5) is 0 Å². The van der Waals surface area contributed by atoms with E-state index in [1.165, 1.54) is 16.8 Å². The molecule has 0 aliphatic heterocycles. The Kier molecular flexibility index (Phi) is 2.81. The zero-order chi connectivity index (χ0) is 10.3. The number of aryl methyl sites for hydroxylation is 1. The first-order valence-corrected chi connectivity index (χ1v) is 3.96. The lowest BCUT2D eigenvalue weighted by Gasteiger charge is -1.96. The lowest BCUT2D eigenvalue weighted by molar-refractivity contribution is 0.0997. The lowest BCUT2D eigenvalue weighted by atomic mass is 10.4. The minimum Gasteiger partial charge on any atom is -0.364 e. The fraction of sp³-hybridized carbons (Fsp3) is 0.125. The van der Waals surface area contributed by atoms with E-state index in [4.69, 9.17) is 5.73 Å². The van der Waals surface area contributed by atoms with E-state index < -0.39 is 5.91 Å². The van der Waals surface area contributed by atoms with E-state index in [1.54, 1.807) is 6.92 Å². The predicted molar refractivity (Wildman–Crippen MR) is 56.3 cm³/mol. The van der Waals surface area contributed by atoms with E-state index in [1.807, 2.05) is 0 Å². The molecule has 2 heterocycles. The number of aromatic amines is 1. The van der Waals surface area contributed by atoms with Gasteiger partial charge in [-0.25, -0.2) is 4.98 Å². The van der Waals surface area contributed by atoms with Gasteiger partial charge < -0.3 is 10.7 Å². The number of nitrogens with two attached hydrogens (primary N) is 1. The molecular formula is C8H9ClN4O2. The number of hydrogen-bond donors (Lipinski definition) is 2. The van der Waals surface area contributed by atoms with Gasteiger partial charge in [0.2, 0.25) is 0 Å². The number of carbonyl (C=O) groups excluding carboxylic acids is 1. The Morgan fingerprint density at radius 3 is 2.87 bits per heavy atom. The van der Waals surface area contributed by atoms with Crippen LogP contribution in [-0.4, -0.2) is 20.3 Å². The van der Waals surface area contributed by atoms with Crippen molar-refractivity contribution in [2.45, 2.75) is 6.92 Å². The first-order valence-electron chi connectivity index (χ1n) is 3.96. The molecule has 0 saturated heterocycles. The summed E-state index contributed by atoms with van der Waals surface area (Å²) in [6.07, 6.45) is 1.27. The van der Waals surface area contributed by atoms with Crippen molar-refractivity contribution in [1.29, 1.82) is 0 Å². The highest BCUT2D eigenvalue weighted by Gasteiger charge is 2.11. The van der Waals surface area contributed by atoms with Crippen LogP contribution in [0.15, 0.2) is 17.2 Å². The average Bonchev–Trinajstić information content (AvgIpc) is 2.47. The summed E-state index contributed by atoms with van der Waals surface area (Å²) in [5.41, 5.74) is 5.92. The zero-order valence-electron chi connectivity index (χ0n) is 7.85. The molecule has 6 nitrogen and oxygen atoms in total. The number of nitrogens with zero attached hydrogens (tertiary/aromatic N) is 2. The molecule has 15 heavy (non-hydrogen) atoms. The van der Waals surface area contributed by atoms with Crippen LogP contribution < -0.4 is 11.3 Å². The molecule has 0 atom stereocenters. The van der Waals surface area contributed by atoms with Crippen LogP contribution in [0.25, 0.3) is 5.65 Å². The van der Waals surface area contributed by atoms with Crippen LogP contribution in [-0.2, 0) is 0 Å². The molecular weight excluding hydrogens is 220 g/mol. The Bertz CT molecular complexity index is 572. The van der Waals surface area contributed by atoms with Crippen LogP contribution in [0.3, 0.4) is 0 Å². The molecule has 0 spiro atoms. The van der Waals surface area contributed by atoms with Gasteiger partial charge in [-0.05, 0) is 6.92 Å². The van der Waals surface area contributed by atoms with Gasteiger partial charge in [0.1, 0.15) is 6.33 Å². The van der Waals surface area contributed by atoms with Crippen molar-refractivity contribution in [3.63, 3.8) is 0 Å². The molecule has 3 N–H and O–H groups in total. The van der Waals surface area contributed by atoms with Gasteiger partial charge in [0.25, 0.3) is 11.5 Å². The largest absolute Gasteiger partial charge is 0.364 e. The molecule has 2 rings (SSSR count). The highest BCUT2D eigenvalue weighted by atomic mass is 35.5. The number of primary amides is 1. The third-order valence-corrected chi connectivity index (χ3v) is 1.89. The van der Waals surface area contributed by atoms with Gasteiger partial charge in [-0.3, -0.25) is 14.0 Å². The van der Waals surface area contributed by atoms with E-state index in [0.29, 0.717) is 11.3 Å². The Morgan fingerprint density at radius 2 is 2.27 bits per heavy atom. The molecule has 0 unspecified atom stereocenters. The van der Waals surface area contributed by atoms with Gasteiger partial charge in [-0.15, -0.1) is 12.4 Å². The van der Waals surface area contributed by atoms with Crippen molar-refractivity contribution in [3.05, 3.63) is 34.1 Å². The van der Waals surface area contributed by atoms with E-state index in [9.17, 15) is 9.59 Å². The monoisotopic (exact) mass is 228 g/mol. The second kappa shape index (κ2) is 3.74. The van der Waals surface area contributed by atoms with E-state index in [2.05, 4.69) is 9.97 Å². The van der Waals surface area contributed by atoms with E-state index in [-0.39, 0.29) is 23.7 Å². The number of H-pyrrole nitrogens is 1. The van der Waals surface area contributed by atoms with Gasteiger partial charge in [-0.2, -0.15) is 0 Å². The zero-order valence-corrected chi connectivity index (χ0v) is 8.67. The minimum absolute atomic E-state index is 0. The number of nitrogens with one attached hydrogen (secondary N) is 1. The van der Waals surface area contributed by atoms with Crippen LogP contribution in [0, 0.1) is 6.92 Å². The molecule has 2 aromatic rings. The molecule has 0 bridgehead atoms. The number of aromatic nitrogens is 3. The molecule has 0 fully saturated rings. The maximum Gasteiger partial charge on any atom is 0.271 e. The molecule has 2 aromatic heterocycles. The van der Waals surface area contributed by atoms with Crippen LogP contribution >= 0.6 is 12.4 Å². The van der Waals surface area contributed by atoms with Gasteiger partial charge in [0.05, 0.1) is 0 Å². The number of carbonyl (C=O) groups is 1. The van der Waals surface area contributed by atoms with Crippen molar-refractivity contribution >= 4 is 24.0 Å². The summed E-state index contributed by atoms with van der Waals surface area (Å²) >= 11 is 0. The van der Waals surface area contributed by atoms with Crippen molar-refractivity contribution < 1.29 is 4.79 Å². The molecule has 0 saturated carbocycles. The molecule has 7 heteroatoms. The molecule has 1 amide bonds. The third-order valence-electron chi connectivity index (χ3n) is 1.89. The Labute approximate surface area is 90.5 Å². The standard InChI is InChI=1S/C8H8N4O2.ClH/c1-4-2-5(13)12-3-10-6(7(9)14)8(12)11-4;/h2-3,11H,1H3,(H2,9,14);1H. The smallest absolute Gasteiger partial charge is 0.271 e. The average molecular weight is 229 g/mol. The second-order valence-electron chi connectivity index (χ2n) is 2.97. The second-order valence-corrected chi connectivity index (χ2v) is 2.97.